The van der Waals surface area contributed by atoms with Crippen LogP contribution in [0.15, 0.2) is 22.7 Å². The Bertz CT molecular complexity index is 321. The number of rotatable bonds is 1. The number of hydrogen-bond donors (Lipinski definition) is 2. The van der Waals surface area contributed by atoms with Crippen molar-refractivity contribution in [2.24, 2.45) is 0 Å². The van der Waals surface area contributed by atoms with Crippen LogP contribution in [-0.4, -0.2) is 11.7 Å². The highest BCUT2D eigenvalue weighted by molar-refractivity contribution is 9.10. The Hall–Kier alpha value is -0.540. The first-order valence-corrected chi connectivity index (χ1v) is 5.78. The van der Waals surface area contributed by atoms with Gasteiger partial charge in [0.05, 0.1) is 4.47 Å². The zero-order valence-corrected chi connectivity index (χ0v) is 9.55. The number of phenolic OH excluding ortho intramolecular Hbond substituents is 1. The monoisotopic (exact) mass is 255 g/mol. The highest BCUT2D eigenvalue weighted by Gasteiger charge is 2.15. The molecule has 1 heterocycles. The number of hydrogen-bond acceptors (Lipinski definition) is 2. The van der Waals surface area contributed by atoms with Crippen LogP contribution in [0.3, 0.4) is 0 Å². The van der Waals surface area contributed by atoms with Crippen LogP contribution in [0, 0.1) is 0 Å². The summed E-state index contributed by atoms with van der Waals surface area (Å²) in [7, 11) is 0. The van der Waals surface area contributed by atoms with E-state index >= 15 is 0 Å². The molecular formula is C11H14BrNO. The van der Waals surface area contributed by atoms with Crippen molar-refractivity contribution in [3.05, 3.63) is 28.2 Å². The lowest BCUT2D eigenvalue weighted by Crippen LogP contribution is -2.26. The fourth-order valence-electron chi connectivity index (χ4n) is 1.88. The zero-order chi connectivity index (χ0) is 9.97. The van der Waals surface area contributed by atoms with Gasteiger partial charge in [-0.15, -0.1) is 0 Å². The first-order chi connectivity index (χ1) is 6.77. The molecule has 14 heavy (non-hydrogen) atoms. The van der Waals surface area contributed by atoms with Crippen LogP contribution in [0.2, 0.25) is 0 Å². The van der Waals surface area contributed by atoms with Gasteiger partial charge in [-0.05, 0) is 53.0 Å². The summed E-state index contributed by atoms with van der Waals surface area (Å²) in [5, 5.41) is 13.0. The second-order valence-electron chi connectivity index (χ2n) is 3.71. The van der Waals surface area contributed by atoms with Gasteiger partial charge in [-0.1, -0.05) is 12.5 Å². The average molecular weight is 256 g/mol. The number of nitrogens with one attached hydrogen (secondary N) is 1. The summed E-state index contributed by atoms with van der Waals surface area (Å²) < 4.78 is 0.761. The van der Waals surface area contributed by atoms with Crippen LogP contribution in [-0.2, 0) is 0 Å². The van der Waals surface area contributed by atoms with E-state index < -0.39 is 0 Å². The molecule has 1 fully saturated rings. The molecule has 0 amide bonds. The van der Waals surface area contributed by atoms with Crippen LogP contribution in [0.25, 0.3) is 0 Å². The van der Waals surface area contributed by atoms with Crippen molar-refractivity contribution in [1.29, 1.82) is 0 Å². The van der Waals surface area contributed by atoms with Gasteiger partial charge in [0.25, 0.3) is 0 Å². The van der Waals surface area contributed by atoms with E-state index in [0.29, 0.717) is 11.8 Å². The van der Waals surface area contributed by atoms with E-state index in [9.17, 15) is 5.11 Å². The second-order valence-corrected chi connectivity index (χ2v) is 4.57. The number of piperidine rings is 1. The summed E-state index contributed by atoms with van der Waals surface area (Å²) in [6, 6.07) is 6.23. The van der Waals surface area contributed by atoms with Gasteiger partial charge >= 0.3 is 0 Å². The quantitative estimate of drug-likeness (QED) is 0.809. The lowest BCUT2D eigenvalue weighted by Gasteiger charge is -2.24. The molecule has 1 atom stereocenters. The Kier molecular flexibility index (Phi) is 3.08. The van der Waals surface area contributed by atoms with Gasteiger partial charge in [0, 0.05) is 6.04 Å². The molecule has 1 aliphatic rings. The Balaban J connectivity index is 2.18. The van der Waals surface area contributed by atoms with Gasteiger partial charge in [-0.3, -0.25) is 0 Å². The minimum atomic E-state index is 0.329. The highest BCUT2D eigenvalue weighted by atomic mass is 79.9. The average Bonchev–Trinajstić information content (AvgIpc) is 2.23. The Morgan fingerprint density at radius 2 is 2.21 bits per heavy atom. The zero-order valence-electron chi connectivity index (χ0n) is 7.96. The molecule has 2 N–H and O–H groups in total. The number of halogens is 1. The highest BCUT2D eigenvalue weighted by Crippen LogP contribution is 2.30. The topological polar surface area (TPSA) is 32.3 Å². The van der Waals surface area contributed by atoms with Gasteiger partial charge in [-0.2, -0.15) is 0 Å². The summed E-state index contributed by atoms with van der Waals surface area (Å²) in [6.45, 7) is 1.08. The van der Waals surface area contributed by atoms with Gasteiger partial charge in [0.2, 0.25) is 0 Å². The molecule has 0 aromatic heterocycles. The smallest absolute Gasteiger partial charge is 0.130 e. The van der Waals surface area contributed by atoms with Crippen molar-refractivity contribution < 1.29 is 5.11 Å². The van der Waals surface area contributed by atoms with Crippen molar-refractivity contribution in [2.75, 3.05) is 6.54 Å². The van der Waals surface area contributed by atoms with Crippen molar-refractivity contribution in [3.8, 4) is 5.75 Å². The molecule has 1 aromatic carbocycles. The lowest BCUT2D eigenvalue weighted by molar-refractivity contribution is 0.409. The van der Waals surface area contributed by atoms with Crippen LogP contribution >= 0.6 is 15.9 Å². The van der Waals surface area contributed by atoms with Gasteiger partial charge in [0.1, 0.15) is 5.75 Å². The molecule has 0 saturated carbocycles. The molecule has 0 aliphatic carbocycles. The van der Waals surface area contributed by atoms with Gasteiger partial charge in [0.15, 0.2) is 0 Å². The molecule has 76 valence electrons. The third kappa shape index (κ3) is 2.10. The van der Waals surface area contributed by atoms with E-state index in [4.69, 9.17) is 0 Å². The number of phenols is 1. The van der Waals surface area contributed by atoms with E-state index in [1.54, 1.807) is 0 Å². The van der Waals surface area contributed by atoms with Gasteiger partial charge in [-0.25, -0.2) is 0 Å². The van der Waals surface area contributed by atoms with Crippen molar-refractivity contribution in [3.63, 3.8) is 0 Å². The first kappa shape index (κ1) is 9.99. The minimum Gasteiger partial charge on any atom is -0.507 e. The maximum absolute atomic E-state index is 9.56. The van der Waals surface area contributed by atoms with Crippen LogP contribution in [0.5, 0.6) is 5.75 Å². The largest absolute Gasteiger partial charge is 0.507 e. The minimum absolute atomic E-state index is 0.329. The SMILES string of the molecule is Oc1cc(C2CCCCN2)ccc1Br. The summed E-state index contributed by atoms with van der Waals surface area (Å²) >= 11 is 3.28. The molecule has 2 nitrogen and oxygen atoms in total. The lowest BCUT2D eigenvalue weighted by atomic mass is 9.97. The van der Waals surface area contributed by atoms with Crippen molar-refractivity contribution >= 4 is 15.9 Å². The molecule has 0 spiro atoms. The Labute approximate surface area is 92.5 Å². The van der Waals surface area contributed by atoms with E-state index in [2.05, 4.69) is 27.3 Å². The summed E-state index contributed by atoms with van der Waals surface area (Å²) in [4.78, 5) is 0. The Morgan fingerprint density at radius 3 is 2.86 bits per heavy atom. The normalized spacial score (nSPS) is 22.2. The maximum Gasteiger partial charge on any atom is 0.130 e. The number of benzene rings is 1. The third-order valence-electron chi connectivity index (χ3n) is 2.68. The molecule has 1 unspecified atom stereocenters. The van der Waals surface area contributed by atoms with E-state index in [-0.39, 0.29) is 0 Å². The van der Waals surface area contributed by atoms with Crippen molar-refractivity contribution in [1.82, 2.24) is 5.32 Å². The molecule has 1 aromatic rings. The molecule has 0 radical (unpaired) electrons. The summed E-state index contributed by atoms with van der Waals surface area (Å²) in [5.74, 6) is 0.329. The third-order valence-corrected chi connectivity index (χ3v) is 3.35. The predicted molar refractivity (Wildman–Crippen MR) is 60.4 cm³/mol. The molecule has 2 rings (SSSR count). The van der Waals surface area contributed by atoms with Crippen molar-refractivity contribution in [2.45, 2.75) is 25.3 Å². The second kappa shape index (κ2) is 4.32. The standard InChI is InChI=1S/C11H14BrNO/c12-9-5-4-8(7-11(9)14)10-3-1-2-6-13-10/h4-5,7,10,13-14H,1-3,6H2. The van der Waals surface area contributed by atoms with E-state index in [1.807, 2.05) is 12.1 Å². The van der Waals surface area contributed by atoms with Crippen LogP contribution in [0.4, 0.5) is 0 Å². The maximum atomic E-state index is 9.56. The summed E-state index contributed by atoms with van der Waals surface area (Å²) in [6.07, 6.45) is 3.70. The fraction of sp³-hybridized carbons (Fsp3) is 0.455. The number of aromatic hydroxyl groups is 1. The molecule has 3 heteroatoms. The van der Waals surface area contributed by atoms with Crippen LogP contribution < -0.4 is 5.32 Å². The van der Waals surface area contributed by atoms with E-state index in [1.165, 1.54) is 24.8 Å². The Morgan fingerprint density at radius 1 is 1.36 bits per heavy atom. The summed E-state index contributed by atoms with van der Waals surface area (Å²) in [5.41, 5.74) is 1.19. The first-order valence-electron chi connectivity index (χ1n) is 4.99. The van der Waals surface area contributed by atoms with Gasteiger partial charge < -0.3 is 10.4 Å². The molecular weight excluding hydrogens is 242 g/mol. The van der Waals surface area contributed by atoms with E-state index in [0.717, 1.165) is 11.0 Å². The fourth-order valence-corrected chi connectivity index (χ4v) is 2.13. The molecule has 1 aliphatic heterocycles. The van der Waals surface area contributed by atoms with Crippen LogP contribution in [0.1, 0.15) is 30.9 Å². The molecule has 0 bridgehead atoms. The molecule has 1 saturated heterocycles. The predicted octanol–water partition coefficient (Wildman–Crippen LogP) is 2.97.